The molecule has 0 aliphatic heterocycles. The Morgan fingerprint density at radius 3 is 2.60 bits per heavy atom. The van der Waals surface area contributed by atoms with Crippen molar-refractivity contribution in [2.75, 3.05) is 20.8 Å². The van der Waals surface area contributed by atoms with Crippen LogP contribution in [0.1, 0.15) is 12.5 Å². The van der Waals surface area contributed by atoms with Crippen molar-refractivity contribution in [3.8, 4) is 11.5 Å². The molecule has 2 N–H and O–H groups in total. The summed E-state index contributed by atoms with van der Waals surface area (Å²) in [5, 5.41) is 0. The molecule has 0 radical (unpaired) electrons. The number of nitrogens with two attached hydrogens (primary N) is 1. The van der Waals surface area contributed by atoms with Crippen molar-refractivity contribution in [1.29, 1.82) is 0 Å². The van der Waals surface area contributed by atoms with E-state index in [1.54, 1.807) is 14.2 Å². The first-order chi connectivity index (χ1) is 7.21. The molecule has 1 aromatic carbocycles. The third-order valence-electron chi connectivity index (χ3n) is 2.16. The molecule has 0 fully saturated rings. The van der Waals surface area contributed by atoms with Gasteiger partial charge in [0.05, 0.1) is 14.2 Å². The number of hydrogen-bond donors (Lipinski definition) is 1. The van der Waals surface area contributed by atoms with E-state index >= 15 is 0 Å². The summed E-state index contributed by atoms with van der Waals surface area (Å²) < 4.78 is 10.4. The maximum atomic E-state index is 5.54. The minimum Gasteiger partial charge on any atom is -0.497 e. The molecule has 0 atom stereocenters. The first-order valence-corrected chi connectivity index (χ1v) is 4.80. The molecule has 0 saturated heterocycles. The van der Waals surface area contributed by atoms with Crippen LogP contribution in [-0.2, 0) is 0 Å². The average Bonchev–Trinajstić information content (AvgIpc) is 2.28. The van der Waals surface area contributed by atoms with Crippen molar-refractivity contribution in [1.82, 2.24) is 0 Å². The van der Waals surface area contributed by atoms with E-state index in [1.165, 1.54) is 0 Å². The quantitative estimate of drug-likeness (QED) is 0.822. The molecule has 0 aromatic heterocycles. The zero-order valence-corrected chi connectivity index (χ0v) is 9.41. The summed E-state index contributed by atoms with van der Waals surface area (Å²) in [4.78, 5) is 0. The Hall–Kier alpha value is -1.48. The normalized spacial score (nSPS) is 11.3. The summed E-state index contributed by atoms with van der Waals surface area (Å²) >= 11 is 0. The topological polar surface area (TPSA) is 44.5 Å². The summed E-state index contributed by atoms with van der Waals surface area (Å²) in [6.07, 6.45) is 2.00. The number of ether oxygens (including phenoxy) is 2. The van der Waals surface area contributed by atoms with Crippen LogP contribution in [0.15, 0.2) is 23.8 Å². The van der Waals surface area contributed by atoms with Gasteiger partial charge < -0.3 is 15.2 Å². The Balaban J connectivity index is 3.12. The van der Waals surface area contributed by atoms with Crippen molar-refractivity contribution in [3.05, 3.63) is 29.3 Å². The predicted molar refractivity (Wildman–Crippen MR) is 62.3 cm³/mol. The van der Waals surface area contributed by atoms with Gasteiger partial charge in [0, 0.05) is 12.1 Å². The van der Waals surface area contributed by atoms with Crippen LogP contribution in [0.4, 0.5) is 0 Å². The summed E-state index contributed by atoms with van der Waals surface area (Å²) in [7, 11) is 3.29. The third-order valence-corrected chi connectivity index (χ3v) is 2.16. The molecule has 0 unspecified atom stereocenters. The van der Waals surface area contributed by atoms with Crippen LogP contribution in [0.3, 0.4) is 0 Å². The van der Waals surface area contributed by atoms with Gasteiger partial charge in [0.15, 0.2) is 0 Å². The van der Waals surface area contributed by atoms with Gasteiger partial charge in [-0.15, -0.1) is 0 Å². The van der Waals surface area contributed by atoms with Crippen molar-refractivity contribution >= 4 is 6.08 Å². The van der Waals surface area contributed by atoms with Crippen LogP contribution in [0.5, 0.6) is 11.5 Å². The van der Waals surface area contributed by atoms with E-state index in [0.717, 1.165) is 22.6 Å². The Morgan fingerprint density at radius 2 is 2.07 bits per heavy atom. The fraction of sp³-hybridized carbons (Fsp3) is 0.333. The maximum absolute atomic E-state index is 5.54. The molecule has 0 saturated carbocycles. The van der Waals surface area contributed by atoms with Crippen molar-refractivity contribution < 1.29 is 9.47 Å². The first kappa shape index (κ1) is 11.6. The molecule has 82 valence electrons. The first-order valence-electron chi connectivity index (χ1n) is 4.80. The molecular weight excluding hydrogens is 190 g/mol. The lowest BCUT2D eigenvalue weighted by molar-refractivity contribution is 0.402. The molecule has 0 aliphatic carbocycles. The smallest absolute Gasteiger partial charge is 0.126 e. The fourth-order valence-corrected chi connectivity index (χ4v) is 1.28. The maximum Gasteiger partial charge on any atom is 0.126 e. The van der Waals surface area contributed by atoms with Gasteiger partial charge in [-0.1, -0.05) is 11.6 Å². The molecule has 0 heterocycles. The monoisotopic (exact) mass is 207 g/mol. The van der Waals surface area contributed by atoms with Gasteiger partial charge in [0.1, 0.15) is 11.5 Å². The van der Waals surface area contributed by atoms with Gasteiger partial charge in [-0.25, -0.2) is 0 Å². The summed E-state index contributed by atoms with van der Waals surface area (Å²) in [5.74, 6) is 1.63. The van der Waals surface area contributed by atoms with Crippen LogP contribution in [0.2, 0.25) is 0 Å². The highest BCUT2D eigenvalue weighted by Gasteiger charge is 2.02. The molecule has 1 aromatic rings. The van der Waals surface area contributed by atoms with Gasteiger partial charge in [0.2, 0.25) is 0 Å². The molecule has 3 heteroatoms. The lowest BCUT2D eigenvalue weighted by Crippen LogP contribution is -1.99. The molecule has 3 nitrogen and oxygen atoms in total. The Morgan fingerprint density at radius 1 is 1.33 bits per heavy atom. The summed E-state index contributed by atoms with van der Waals surface area (Å²) in [6.45, 7) is 2.53. The van der Waals surface area contributed by atoms with Crippen LogP contribution >= 0.6 is 0 Å². The molecule has 15 heavy (non-hydrogen) atoms. The van der Waals surface area contributed by atoms with Gasteiger partial charge in [-0.2, -0.15) is 0 Å². The van der Waals surface area contributed by atoms with Gasteiger partial charge in [-0.05, 0) is 25.1 Å². The number of rotatable bonds is 4. The zero-order chi connectivity index (χ0) is 11.3. The summed E-state index contributed by atoms with van der Waals surface area (Å²) in [5.41, 5.74) is 7.63. The van der Waals surface area contributed by atoms with Crippen LogP contribution in [-0.4, -0.2) is 20.8 Å². The Bertz CT molecular complexity index is 359. The van der Waals surface area contributed by atoms with Gasteiger partial charge in [0.25, 0.3) is 0 Å². The van der Waals surface area contributed by atoms with E-state index in [2.05, 4.69) is 0 Å². The minimum absolute atomic E-state index is 0.542. The highest BCUT2D eigenvalue weighted by atomic mass is 16.5. The number of hydrogen-bond acceptors (Lipinski definition) is 3. The lowest BCUT2D eigenvalue weighted by atomic mass is 10.1. The van der Waals surface area contributed by atoms with Crippen molar-refractivity contribution in [2.45, 2.75) is 6.92 Å². The molecule has 1 rings (SSSR count). The highest BCUT2D eigenvalue weighted by molar-refractivity contribution is 5.61. The van der Waals surface area contributed by atoms with Crippen molar-refractivity contribution in [2.24, 2.45) is 5.73 Å². The number of methoxy groups -OCH3 is 2. The average molecular weight is 207 g/mol. The van der Waals surface area contributed by atoms with E-state index in [1.807, 2.05) is 31.2 Å². The number of benzene rings is 1. The van der Waals surface area contributed by atoms with Crippen LogP contribution in [0, 0.1) is 0 Å². The second-order valence-electron chi connectivity index (χ2n) is 3.30. The largest absolute Gasteiger partial charge is 0.497 e. The Kier molecular flexibility index (Phi) is 4.18. The van der Waals surface area contributed by atoms with E-state index in [9.17, 15) is 0 Å². The molecular formula is C12H17NO2. The van der Waals surface area contributed by atoms with Crippen LogP contribution in [0.25, 0.3) is 6.08 Å². The van der Waals surface area contributed by atoms with Crippen LogP contribution < -0.4 is 15.2 Å². The van der Waals surface area contributed by atoms with Crippen molar-refractivity contribution in [3.63, 3.8) is 0 Å². The van der Waals surface area contributed by atoms with E-state index < -0.39 is 0 Å². The standard InChI is InChI=1S/C12H17NO2/c1-9(8-13)6-10-7-11(14-2)4-5-12(10)15-3/h4-7H,8,13H2,1-3H3. The predicted octanol–water partition coefficient (Wildman–Crippen LogP) is 2.07. The van der Waals surface area contributed by atoms with E-state index in [0.29, 0.717) is 6.54 Å². The van der Waals surface area contributed by atoms with E-state index in [-0.39, 0.29) is 0 Å². The lowest BCUT2D eigenvalue weighted by Gasteiger charge is -2.08. The molecule has 0 spiro atoms. The molecule has 0 amide bonds. The minimum atomic E-state index is 0.542. The Labute approximate surface area is 90.5 Å². The van der Waals surface area contributed by atoms with Gasteiger partial charge >= 0.3 is 0 Å². The fourth-order valence-electron chi connectivity index (χ4n) is 1.28. The van der Waals surface area contributed by atoms with E-state index in [4.69, 9.17) is 15.2 Å². The third kappa shape index (κ3) is 2.99. The highest BCUT2D eigenvalue weighted by Crippen LogP contribution is 2.25. The zero-order valence-electron chi connectivity index (χ0n) is 9.41. The SMILES string of the molecule is COc1ccc(OC)c(C=C(C)CN)c1. The molecule has 0 bridgehead atoms. The molecule has 0 aliphatic rings. The summed E-state index contributed by atoms with van der Waals surface area (Å²) in [6, 6.07) is 5.68. The van der Waals surface area contributed by atoms with Gasteiger partial charge in [-0.3, -0.25) is 0 Å². The second-order valence-corrected chi connectivity index (χ2v) is 3.30. The second kappa shape index (κ2) is 5.41.